The minimum atomic E-state index is -0.409. The van der Waals surface area contributed by atoms with Crippen molar-refractivity contribution in [1.29, 1.82) is 0 Å². The molecule has 64 valence electrons. The van der Waals surface area contributed by atoms with Crippen LogP contribution >= 0.6 is 0 Å². The van der Waals surface area contributed by atoms with Crippen LogP contribution in [0.5, 0.6) is 5.75 Å². The standard InChI is InChI=1S/C9H11NO2/c1-7(6-11)12-9-4-2-8(10)3-5-9/h2-7H,10H2,1H3. The summed E-state index contributed by atoms with van der Waals surface area (Å²) in [6.45, 7) is 1.68. The van der Waals surface area contributed by atoms with E-state index in [4.69, 9.17) is 10.5 Å². The van der Waals surface area contributed by atoms with Crippen LogP contribution in [0, 0.1) is 0 Å². The van der Waals surface area contributed by atoms with Crippen molar-refractivity contribution in [3.8, 4) is 5.75 Å². The van der Waals surface area contributed by atoms with Gasteiger partial charge < -0.3 is 10.5 Å². The highest BCUT2D eigenvalue weighted by atomic mass is 16.5. The zero-order chi connectivity index (χ0) is 8.97. The summed E-state index contributed by atoms with van der Waals surface area (Å²) in [5, 5.41) is 0. The molecule has 3 nitrogen and oxygen atoms in total. The first-order valence-electron chi connectivity index (χ1n) is 3.70. The van der Waals surface area contributed by atoms with Gasteiger partial charge in [-0.05, 0) is 31.2 Å². The highest BCUT2D eigenvalue weighted by Crippen LogP contribution is 2.13. The van der Waals surface area contributed by atoms with E-state index in [1.165, 1.54) is 0 Å². The molecular weight excluding hydrogens is 154 g/mol. The summed E-state index contributed by atoms with van der Waals surface area (Å²) in [7, 11) is 0. The molecule has 12 heavy (non-hydrogen) atoms. The van der Waals surface area contributed by atoms with Crippen molar-refractivity contribution in [2.24, 2.45) is 0 Å². The fourth-order valence-electron chi connectivity index (χ4n) is 0.789. The lowest BCUT2D eigenvalue weighted by Gasteiger charge is -2.07. The average molecular weight is 165 g/mol. The maximum absolute atomic E-state index is 10.2. The van der Waals surface area contributed by atoms with Crippen LogP contribution < -0.4 is 10.5 Å². The third-order valence-corrected chi connectivity index (χ3v) is 1.39. The second-order valence-corrected chi connectivity index (χ2v) is 2.53. The van der Waals surface area contributed by atoms with E-state index < -0.39 is 6.10 Å². The minimum Gasteiger partial charge on any atom is -0.483 e. The fraction of sp³-hybridized carbons (Fsp3) is 0.222. The van der Waals surface area contributed by atoms with Gasteiger partial charge in [-0.15, -0.1) is 0 Å². The average Bonchev–Trinajstić information content (AvgIpc) is 2.09. The van der Waals surface area contributed by atoms with Gasteiger partial charge in [0.2, 0.25) is 0 Å². The maximum atomic E-state index is 10.2. The SMILES string of the molecule is CC(C=O)Oc1ccc(N)cc1. The zero-order valence-electron chi connectivity index (χ0n) is 6.86. The van der Waals surface area contributed by atoms with Crippen molar-refractivity contribution in [3.63, 3.8) is 0 Å². The third-order valence-electron chi connectivity index (χ3n) is 1.39. The highest BCUT2D eigenvalue weighted by Gasteiger charge is 1.99. The molecule has 1 unspecified atom stereocenters. The largest absolute Gasteiger partial charge is 0.483 e. The summed E-state index contributed by atoms with van der Waals surface area (Å²) in [5.74, 6) is 0.656. The van der Waals surface area contributed by atoms with Gasteiger partial charge in [0.15, 0.2) is 12.4 Å². The number of anilines is 1. The van der Waals surface area contributed by atoms with Gasteiger partial charge >= 0.3 is 0 Å². The summed E-state index contributed by atoms with van der Waals surface area (Å²) in [5.41, 5.74) is 6.15. The number of hydrogen-bond acceptors (Lipinski definition) is 3. The summed E-state index contributed by atoms with van der Waals surface area (Å²) >= 11 is 0. The molecule has 0 saturated carbocycles. The number of ether oxygens (including phenoxy) is 1. The minimum absolute atomic E-state index is 0.409. The molecule has 0 aromatic heterocycles. The Balaban J connectivity index is 2.64. The van der Waals surface area contributed by atoms with E-state index in [0.717, 1.165) is 6.29 Å². The molecular formula is C9H11NO2. The number of benzene rings is 1. The van der Waals surface area contributed by atoms with Crippen LogP contribution in [-0.2, 0) is 4.79 Å². The summed E-state index contributed by atoms with van der Waals surface area (Å²) in [6, 6.07) is 6.92. The Morgan fingerprint density at radius 3 is 2.50 bits per heavy atom. The summed E-state index contributed by atoms with van der Waals surface area (Å²) in [6.07, 6.45) is 0.338. The predicted molar refractivity (Wildman–Crippen MR) is 47.0 cm³/mol. The van der Waals surface area contributed by atoms with E-state index in [0.29, 0.717) is 11.4 Å². The predicted octanol–water partition coefficient (Wildman–Crippen LogP) is 1.23. The summed E-state index contributed by atoms with van der Waals surface area (Å²) in [4.78, 5) is 10.2. The molecule has 0 spiro atoms. The number of aldehydes is 1. The van der Waals surface area contributed by atoms with Crippen molar-refractivity contribution >= 4 is 12.0 Å². The van der Waals surface area contributed by atoms with Crippen LogP contribution in [0.1, 0.15) is 6.92 Å². The van der Waals surface area contributed by atoms with Crippen molar-refractivity contribution < 1.29 is 9.53 Å². The number of nitrogen functional groups attached to an aromatic ring is 1. The monoisotopic (exact) mass is 165 g/mol. The van der Waals surface area contributed by atoms with Gasteiger partial charge in [-0.25, -0.2) is 0 Å². The molecule has 0 saturated heterocycles. The molecule has 1 aromatic rings. The van der Waals surface area contributed by atoms with Gasteiger partial charge in [0, 0.05) is 5.69 Å². The Kier molecular flexibility index (Phi) is 2.69. The number of nitrogens with two attached hydrogens (primary N) is 1. The van der Waals surface area contributed by atoms with Crippen LogP contribution in [0.4, 0.5) is 5.69 Å². The number of rotatable bonds is 3. The zero-order valence-corrected chi connectivity index (χ0v) is 6.86. The van der Waals surface area contributed by atoms with Gasteiger partial charge in [-0.1, -0.05) is 0 Å². The maximum Gasteiger partial charge on any atom is 0.160 e. The first-order valence-corrected chi connectivity index (χ1v) is 3.70. The molecule has 1 aromatic carbocycles. The molecule has 0 fully saturated rings. The lowest BCUT2D eigenvalue weighted by atomic mass is 10.3. The highest BCUT2D eigenvalue weighted by molar-refractivity contribution is 5.56. The molecule has 0 bridgehead atoms. The molecule has 0 aliphatic rings. The van der Waals surface area contributed by atoms with Crippen molar-refractivity contribution in [2.75, 3.05) is 5.73 Å². The Morgan fingerprint density at radius 1 is 1.42 bits per heavy atom. The molecule has 0 radical (unpaired) electrons. The molecule has 0 aliphatic heterocycles. The van der Waals surface area contributed by atoms with E-state index >= 15 is 0 Å². The van der Waals surface area contributed by atoms with Crippen LogP contribution in [0.15, 0.2) is 24.3 Å². The molecule has 3 heteroatoms. The van der Waals surface area contributed by atoms with E-state index in [1.807, 2.05) is 0 Å². The van der Waals surface area contributed by atoms with Crippen LogP contribution in [0.25, 0.3) is 0 Å². The second-order valence-electron chi connectivity index (χ2n) is 2.53. The topological polar surface area (TPSA) is 52.3 Å². The van der Waals surface area contributed by atoms with Gasteiger partial charge in [0.1, 0.15) is 5.75 Å². The van der Waals surface area contributed by atoms with Gasteiger partial charge in [-0.3, -0.25) is 4.79 Å². The number of carbonyl (C=O) groups excluding carboxylic acids is 1. The first-order chi connectivity index (χ1) is 5.72. The Labute approximate surface area is 71.1 Å². The van der Waals surface area contributed by atoms with Crippen LogP contribution in [0.2, 0.25) is 0 Å². The van der Waals surface area contributed by atoms with Crippen LogP contribution in [-0.4, -0.2) is 12.4 Å². The molecule has 2 N–H and O–H groups in total. The number of carbonyl (C=O) groups is 1. The van der Waals surface area contributed by atoms with E-state index in [2.05, 4.69) is 0 Å². The lowest BCUT2D eigenvalue weighted by molar-refractivity contribution is -0.113. The quantitative estimate of drug-likeness (QED) is 0.541. The molecule has 0 aliphatic carbocycles. The third kappa shape index (κ3) is 2.27. The Morgan fingerprint density at radius 2 is 2.00 bits per heavy atom. The van der Waals surface area contributed by atoms with Gasteiger partial charge in [0.05, 0.1) is 0 Å². The summed E-state index contributed by atoms with van der Waals surface area (Å²) < 4.78 is 5.19. The smallest absolute Gasteiger partial charge is 0.160 e. The van der Waals surface area contributed by atoms with Crippen molar-refractivity contribution in [1.82, 2.24) is 0 Å². The normalized spacial score (nSPS) is 12.1. The molecule has 0 amide bonds. The Bertz CT molecular complexity index is 256. The van der Waals surface area contributed by atoms with Crippen LogP contribution in [0.3, 0.4) is 0 Å². The van der Waals surface area contributed by atoms with E-state index in [9.17, 15) is 4.79 Å². The van der Waals surface area contributed by atoms with Crippen molar-refractivity contribution in [3.05, 3.63) is 24.3 Å². The van der Waals surface area contributed by atoms with E-state index in [-0.39, 0.29) is 0 Å². The first kappa shape index (κ1) is 8.59. The lowest BCUT2D eigenvalue weighted by Crippen LogP contribution is -2.12. The fourth-order valence-corrected chi connectivity index (χ4v) is 0.789. The van der Waals surface area contributed by atoms with Gasteiger partial charge in [0.25, 0.3) is 0 Å². The molecule has 0 heterocycles. The second kappa shape index (κ2) is 3.76. The van der Waals surface area contributed by atoms with Crippen molar-refractivity contribution in [2.45, 2.75) is 13.0 Å². The molecule has 1 rings (SSSR count). The van der Waals surface area contributed by atoms with Gasteiger partial charge in [-0.2, -0.15) is 0 Å². The number of hydrogen-bond donors (Lipinski definition) is 1. The van der Waals surface area contributed by atoms with E-state index in [1.54, 1.807) is 31.2 Å². The molecule has 1 atom stereocenters. The Hall–Kier alpha value is -1.51.